The normalized spacial score (nSPS) is 23.1. The van der Waals surface area contributed by atoms with Gasteiger partial charge in [0.2, 0.25) is 0 Å². The lowest BCUT2D eigenvalue weighted by atomic mass is 10.0. The minimum absolute atomic E-state index is 0.280. The van der Waals surface area contributed by atoms with E-state index in [0.717, 1.165) is 44.0 Å². The third-order valence-electron chi connectivity index (χ3n) is 5.57. The number of hydrogen-bond donors (Lipinski definition) is 1. The Balaban J connectivity index is 1.62. The van der Waals surface area contributed by atoms with Gasteiger partial charge in [-0.25, -0.2) is 0 Å². The highest BCUT2D eigenvalue weighted by Crippen LogP contribution is 2.39. The molecule has 2 aromatic rings. The molecule has 0 saturated carbocycles. The lowest BCUT2D eigenvalue weighted by Crippen LogP contribution is -2.35. The highest BCUT2D eigenvalue weighted by atomic mass is 19.4. The van der Waals surface area contributed by atoms with Crippen molar-refractivity contribution in [3.8, 4) is 17.0 Å². The van der Waals surface area contributed by atoms with Crippen LogP contribution >= 0.6 is 0 Å². The van der Waals surface area contributed by atoms with Crippen LogP contribution in [0.15, 0.2) is 24.3 Å². The van der Waals surface area contributed by atoms with E-state index in [1.165, 1.54) is 6.92 Å². The van der Waals surface area contributed by atoms with Gasteiger partial charge in [-0.05, 0) is 56.1 Å². The zero-order chi connectivity index (χ0) is 19.3. The van der Waals surface area contributed by atoms with Crippen LogP contribution in [-0.4, -0.2) is 52.9 Å². The number of nitrogens with zero attached hydrogens (tertiary/aromatic N) is 4. The van der Waals surface area contributed by atoms with Crippen molar-refractivity contribution in [2.24, 2.45) is 5.92 Å². The first-order valence-electron chi connectivity index (χ1n) is 8.94. The van der Waals surface area contributed by atoms with Crippen molar-refractivity contribution >= 4 is 5.82 Å². The molecule has 0 amide bonds. The summed E-state index contributed by atoms with van der Waals surface area (Å²) in [5, 5.41) is 18.6. The molecule has 0 radical (unpaired) electrons. The summed E-state index contributed by atoms with van der Waals surface area (Å²) in [6.45, 7) is 4.54. The van der Waals surface area contributed by atoms with Gasteiger partial charge in [-0.3, -0.25) is 0 Å². The van der Waals surface area contributed by atoms with Crippen molar-refractivity contribution in [1.29, 1.82) is 0 Å². The fourth-order valence-corrected chi connectivity index (χ4v) is 4.33. The molecule has 144 valence electrons. The second-order valence-corrected chi connectivity index (χ2v) is 7.49. The molecule has 1 N–H and O–H groups in total. The Morgan fingerprint density at radius 3 is 2.56 bits per heavy atom. The molecular weight excluding hydrogens is 357 g/mol. The van der Waals surface area contributed by atoms with E-state index in [1.54, 1.807) is 6.07 Å². The molecule has 0 aliphatic carbocycles. The molecule has 2 atom stereocenters. The van der Waals surface area contributed by atoms with E-state index in [1.807, 2.05) is 6.07 Å². The maximum absolute atomic E-state index is 12.9. The molecule has 3 heterocycles. The second-order valence-electron chi connectivity index (χ2n) is 7.49. The summed E-state index contributed by atoms with van der Waals surface area (Å²) in [6.07, 6.45) is -3.38. The predicted octanol–water partition coefficient (Wildman–Crippen LogP) is 3.32. The molecule has 1 aromatic heterocycles. The number of hydrogen-bond acceptors (Lipinski definition) is 5. The SMILES string of the molecule is Cc1cc(C(F)(F)F)cc(O)c1-c1ccc(N2CCC3CN(C)CC32)nn1. The average Bonchev–Trinajstić information content (AvgIpc) is 3.13. The van der Waals surface area contributed by atoms with Gasteiger partial charge >= 0.3 is 6.18 Å². The fraction of sp³-hybridized carbons (Fsp3) is 0.474. The van der Waals surface area contributed by atoms with Crippen molar-refractivity contribution in [2.75, 3.05) is 31.6 Å². The molecule has 2 aliphatic rings. The van der Waals surface area contributed by atoms with E-state index in [-0.39, 0.29) is 5.56 Å². The van der Waals surface area contributed by atoms with Crippen molar-refractivity contribution in [2.45, 2.75) is 25.6 Å². The van der Waals surface area contributed by atoms with Crippen LogP contribution < -0.4 is 4.90 Å². The summed E-state index contributed by atoms with van der Waals surface area (Å²) in [7, 11) is 2.11. The number of aromatic nitrogens is 2. The summed E-state index contributed by atoms with van der Waals surface area (Å²) >= 11 is 0. The van der Waals surface area contributed by atoms with Crippen LogP contribution in [0, 0.1) is 12.8 Å². The molecule has 4 rings (SSSR count). The van der Waals surface area contributed by atoms with Gasteiger partial charge in [-0.15, -0.1) is 10.2 Å². The molecule has 0 bridgehead atoms. The van der Waals surface area contributed by atoms with E-state index < -0.39 is 17.5 Å². The average molecular weight is 378 g/mol. The predicted molar refractivity (Wildman–Crippen MR) is 95.6 cm³/mol. The largest absolute Gasteiger partial charge is 0.507 e. The van der Waals surface area contributed by atoms with Gasteiger partial charge in [0.1, 0.15) is 5.75 Å². The molecule has 2 fully saturated rings. The molecule has 2 unspecified atom stereocenters. The Bertz CT molecular complexity index is 830. The van der Waals surface area contributed by atoms with E-state index in [9.17, 15) is 18.3 Å². The first-order chi connectivity index (χ1) is 12.7. The topological polar surface area (TPSA) is 52.5 Å². The molecule has 1 aromatic carbocycles. The lowest BCUT2D eigenvalue weighted by Gasteiger charge is -2.24. The van der Waals surface area contributed by atoms with E-state index >= 15 is 0 Å². The number of rotatable bonds is 2. The van der Waals surface area contributed by atoms with Crippen LogP contribution in [0.2, 0.25) is 0 Å². The minimum Gasteiger partial charge on any atom is -0.507 e. The van der Waals surface area contributed by atoms with E-state index in [2.05, 4.69) is 27.0 Å². The zero-order valence-corrected chi connectivity index (χ0v) is 15.2. The van der Waals surface area contributed by atoms with Crippen LogP contribution in [0.5, 0.6) is 5.75 Å². The zero-order valence-electron chi connectivity index (χ0n) is 15.2. The summed E-state index contributed by atoms with van der Waals surface area (Å²) in [6, 6.07) is 5.72. The first kappa shape index (κ1) is 18.0. The maximum Gasteiger partial charge on any atom is 0.416 e. The number of benzene rings is 1. The molecular formula is C19H21F3N4O. The standard InChI is InChI=1S/C19H21F3N4O/c1-11-7-13(19(20,21)22)8-16(27)18(11)14-3-4-17(24-23-14)26-6-5-12-9-25(2)10-15(12)26/h3-4,7-8,12,15,27H,5-6,9-10H2,1-2H3. The number of likely N-dealkylation sites (tertiary alicyclic amines) is 1. The van der Waals surface area contributed by atoms with Crippen LogP contribution in [0.1, 0.15) is 17.5 Å². The number of fused-ring (bicyclic) bond motifs is 1. The summed E-state index contributed by atoms with van der Waals surface area (Å²) < 4.78 is 38.7. The van der Waals surface area contributed by atoms with Gasteiger partial charge < -0.3 is 14.9 Å². The number of phenolic OH excluding ortho intramolecular Hbond substituents is 1. The number of likely N-dealkylation sites (N-methyl/N-ethyl adjacent to an activating group) is 1. The van der Waals surface area contributed by atoms with Gasteiger partial charge in [-0.1, -0.05) is 0 Å². The van der Waals surface area contributed by atoms with Crippen molar-refractivity contribution in [3.05, 3.63) is 35.4 Å². The summed E-state index contributed by atoms with van der Waals surface area (Å²) in [5.41, 5.74) is 0.0750. The quantitative estimate of drug-likeness (QED) is 0.869. The van der Waals surface area contributed by atoms with E-state index in [0.29, 0.717) is 23.2 Å². The third kappa shape index (κ3) is 3.22. The Kier molecular flexibility index (Phi) is 4.25. The van der Waals surface area contributed by atoms with Gasteiger partial charge in [0.05, 0.1) is 11.3 Å². The summed E-state index contributed by atoms with van der Waals surface area (Å²) in [5.74, 6) is 0.964. The molecule has 5 nitrogen and oxygen atoms in total. The second kappa shape index (κ2) is 6.37. The minimum atomic E-state index is -4.50. The molecule has 27 heavy (non-hydrogen) atoms. The first-order valence-corrected chi connectivity index (χ1v) is 8.94. The Hall–Kier alpha value is -2.35. The number of phenols is 1. The maximum atomic E-state index is 12.9. The highest BCUT2D eigenvalue weighted by molar-refractivity contribution is 5.71. The number of aryl methyl sites for hydroxylation is 1. The number of aromatic hydroxyl groups is 1. The molecule has 2 saturated heterocycles. The Labute approximate surface area is 155 Å². The van der Waals surface area contributed by atoms with Crippen molar-refractivity contribution in [1.82, 2.24) is 15.1 Å². The third-order valence-corrected chi connectivity index (χ3v) is 5.57. The van der Waals surface area contributed by atoms with Crippen LogP contribution in [0.25, 0.3) is 11.3 Å². The number of halogens is 3. The molecule has 8 heteroatoms. The van der Waals surface area contributed by atoms with Crippen LogP contribution in [0.3, 0.4) is 0 Å². The van der Waals surface area contributed by atoms with Crippen molar-refractivity contribution < 1.29 is 18.3 Å². The Morgan fingerprint density at radius 2 is 1.93 bits per heavy atom. The van der Waals surface area contributed by atoms with E-state index in [4.69, 9.17) is 0 Å². The van der Waals surface area contributed by atoms with Crippen molar-refractivity contribution in [3.63, 3.8) is 0 Å². The molecule has 0 spiro atoms. The van der Waals surface area contributed by atoms with Gasteiger partial charge in [-0.2, -0.15) is 13.2 Å². The highest BCUT2D eigenvalue weighted by Gasteiger charge is 2.40. The lowest BCUT2D eigenvalue weighted by molar-refractivity contribution is -0.137. The van der Waals surface area contributed by atoms with Gasteiger partial charge in [0.15, 0.2) is 5.82 Å². The van der Waals surface area contributed by atoms with Crippen LogP contribution in [0.4, 0.5) is 19.0 Å². The number of alkyl halides is 3. The summed E-state index contributed by atoms with van der Waals surface area (Å²) in [4.78, 5) is 4.57. The van der Waals surface area contributed by atoms with Gasteiger partial charge in [0, 0.05) is 31.2 Å². The van der Waals surface area contributed by atoms with Crippen LogP contribution in [-0.2, 0) is 6.18 Å². The fourth-order valence-electron chi connectivity index (χ4n) is 4.33. The molecule has 2 aliphatic heterocycles. The van der Waals surface area contributed by atoms with Gasteiger partial charge in [0.25, 0.3) is 0 Å². The smallest absolute Gasteiger partial charge is 0.416 e. The monoisotopic (exact) mass is 378 g/mol. The number of anilines is 1. The Morgan fingerprint density at radius 1 is 1.15 bits per heavy atom.